The number of nitrogens with one attached hydrogen (secondary N) is 1. The Kier molecular flexibility index (Phi) is 3.86. The van der Waals surface area contributed by atoms with Crippen molar-refractivity contribution in [3.63, 3.8) is 0 Å². The number of imidazole rings is 1. The van der Waals surface area contributed by atoms with Crippen LogP contribution < -0.4 is 10.6 Å². The molecule has 0 bridgehead atoms. The molecule has 3 rings (SSSR count). The van der Waals surface area contributed by atoms with E-state index in [1.165, 1.54) is 6.08 Å². The van der Waals surface area contributed by atoms with E-state index in [-0.39, 0.29) is 0 Å². The van der Waals surface area contributed by atoms with Crippen LogP contribution in [0.2, 0.25) is 0 Å². The summed E-state index contributed by atoms with van der Waals surface area (Å²) in [5.41, 5.74) is 7.67. The lowest BCUT2D eigenvalue weighted by Crippen LogP contribution is -2.21. The molecule has 0 radical (unpaired) electrons. The van der Waals surface area contributed by atoms with Gasteiger partial charge in [-0.2, -0.15) is 0 Å². The van der Waals surface area contributed by atoms with Gasteiger partial charge in [0.05, 0.1) is 18.4 Å². The third-order valence-corrected chi connectivity index (χ3v) is 3.55. The number of hydrogen-bond donors (Lipinski definition) is 2. The van der Waals surface area contributed by atoms with E-state index in [4.69, 9.17) is 11.1 Å². The summed E-state index contributed by atoms with van der Waals surface area (Å²) in [6.07, 6.45) is 7.55. The molecular weight excluding hydrogens is 283 g/mol. The van der Waals surface area contributed by atoms with Crippen LogP contribution in [0.25, 0.3) is 11.7 Å². The number of hydrogen-bond acceptors (Lipinski definition) is 5. The predicted octanol–water partition coefficient (Wildman–Crippen LogP) is 1.78. The van der Waals surface area contributed by atoms with Gasteiger partial charge in [0.25, 0.3) is 0 Å². The lowest BCUT2D eigenvalue weighted by molar-refractivity contribution is 0.364. The fourth-order valence-corrected chi connectivity index (χ4v) is 2.42. The first-order valence-electron chi connectivity index (χ1n) is 7.05. The zero-order valence-corrected chi connectivity index (χ0v) is 12.0. The van der Waals surface area contributed by atoms with E-state index >= 15 is 0 Å². The maximum atomic E-state index is 13.3. The van der Waals surface area contributed by atoms with Crippen molar-refractivity contribution >= 4 is 23.8 Å². The summed E-state index contributed by atoms with van der Waals surface area (Å²) in [4.78, 5) is 6.21. The van der Waals surface area contributed by atoms with Crippen molar-refractivity contribution in [3.05, 3.63) is 41.9 Å². The van der Waals surface area contributed by atoms with Crippen LogP contribution in [0.15, 0.2) is 36.2 Å². The van der Waals surface area contributed by atoms with Crippen LogP contribution in [-0.2, 0) is 0 Å². The number of alkyl halides is 1. The minimum Gasteiger partial charge on any atom is -0.399 e. The van der Waals surface area contributed by atoms with Crippen molar-refractivity contribution in [1.29, 1.82) is 5.41 Å². The highest BCUT2D eigenvalue weighted by atomic mass is 19.1. The largest absolute Gasteiger partial charge is 0.399 e. The van der Waals surface area contributed by atoms with Gasteiger partial charge in [0.2, 0.25) is 0 Å². The second kappa shape index (κ2) is 5.97. The quantitative estimate of drug-likeness (QED) is 0.666. The van der Waals surface area contributed by atoms with E-state index in [0.717, 1.165) is 17.7 Å². The van der Waals surface area contributed by atoms with Crippen molar-refractivity contribution in [1.82, 2.24) is 14.6 Å². The average molecular weight is 300 g/mol. The highest BCUT2D eigenvalue weighted by Crippen LogP contribution is 2.20. The number of rotatable bonds is 4. The Morgan fingerprint density at radius 1 is 1.45 bits per heavy atom. The Hall–Kier alpha value is -2.70. The molecule has 0 aromatic carbocycles. The molecule has 6 nitrogen and oxygen atoms in total. The molecule has 2 aromatic heterocycles. The minimum atomic E-state index is -0.786. The molecular formula is C15H17FN6. The normalized spacial score (nSPS) is 19.4. The molecule has 1 unspecified atom stereocenters. The summed E-state index contributed by atoms with van der Waals surface area (Å²) in [5.74, 6) is 0.739. The second-order valence-electron chi connectivity index (χ2n) is 5.14. The van der Waals surface area contributed by atoms with Crippen molar-refractivity contribution in [2.75, 3.05) is 18.0 Å². The molecule has 1 aliphatic rings. The van der Waals surface area contributed by atoms with Crippen LogP contribution in [0.1, 0.15) is 12.1 Å². The van der Waals surface area contributed by atoms with Crippen LogP contribution in [-0.4, -0.2) is 40.1 Å². The summed E-state index contributed by atoms with van der Waals surface area (Å²) >= 11 is 0. The topological polar surface area (TPSA) is 83.3 Å². The molecule has 0 spiro atoms. The number of anilines is 1. The Morgan fingerprint density at radius 3 is 3.05 bits per heavy atom. The van der Waals surface area contributed by atoms with E-state index < -0.39 is 6.17 Å². The fourth-order valence-electron chi connectivity index (χ4n) is 2.42. The summed E-state index contributed by atoms with van der Waals surface area (Å²) in [7, 11) is 0. The van der Waals surface area contributed by atoms with Crippen molar-refractivity contribution in [2.45, 2.75) is 12.6 Å². The Labute approximate surface area is 127 Å². The highest BCUT2D eigenvalue weighted by Gasteiger charge is 2.23. The summed E-state index contributed by atoms with van der Waals surface area (Å²) in [6.45, 7) is 1.06. The average Bonchev–Trinajstić information content (AvgIpc) is 3.11. The van der Waals surface area contributed by atoms with E-state index in [0.29, 0.717) is 30.9 Å². The Morgan fingerprint density at radius 2 is 2.32 bits per heavy atom. The van der Waals surface area contributed by atoms with E-state index in [1.54, 1.807) is 22.9 Å². The van der Waals surface area contributed by atoms with Gasteiger partial charge >= 0.3 is 0 Å². The van der Waals surface area contributed by atoms with Crippen molar-refractivity contribution in [2.24, 2.45) is 5.73 Å². The van der Waals surface area contributed by atoms with Gasteiger partial charge in [-0.3, -0.25) is 0 Å². The molecule has 22 heavy (non-hydrogen) atoms. The third-order valence-electron chi connectivity index (χ3n) is 3.55. The van der Waals surface area contributed by atoms with Gasteiger partial charge in [-0.05, 0) is 36.8 Å². The van der Waals surface area contributed by atoms with Gasteiger partial charge in [-0.25, -0.2) is 13.9 Å². The van der Waals surface area contributed by atoms with Gasteiger partial charge < -0.3 is 16.0 Å². The van der Waals surface area contributed by atoms with Crippen LogP contribution >= 0.6 is 0 Å². The van der Waals surface area contributed by atoms with Crippen LogP contribution in [0.4, 0.5) is 10.2 Å². The fraction of sp³-hybridized carbons (Fsp3) is 0.267. The maximum absolute atomic E-state index is 13.3. The first kappa shape index (κ1) is 14.2. The standard InChI is InChI=1S/C15H17FN6/c16-11-6-8-21(10-11)15-4-3-14-19-9-13(22(14)20-15)2-1-12(18)5-7-17/h1-5,7,9,11,17H,6,8,10,18H2/b2-1-,12-5?,17-7?. The molecule has 0 aliphatic carbocycles. The monoisotopic (exact) mass is 300 g/mol. The van der Waals surface area contributed by atoms with Gasteiger partial charge in [0, 0.05) is 18.5 Å². The minimum absolute atomic E-state index is 0.382. The van der Waals surface area contributed by atoms with Crippen LogP contribution in [0, 0.1) is 5.41 Å². The zero-order valence-electron chi connectivity index (χ0n) is 12.0. The van der Waals surface area contributed by atoms with E-state index in [1.807, 2.05) is 17.0 Å². The second-order valence-corrected chi connectivity index (χ2v) is 5.14. The summed E-state index contributed by atoms with van der Waals surface area (Å²) in [5, 5.41) is 11.5. The van der Waals surface area contributed by atoms with E-state index in [2.05, 4.69) is 10.1 Å². The maximum Gasteiger partial charge on any atom is 0.154 e. The molecule has 3 heterocycles. The lowest BCUT2D eigenvalue weighted by atomic mass is 10.3. The molecule has 0 amide bonds. The first-order chi connectivity index (χ1) is 10.7. The zero-order chi connectivity index (χ0) is 15.5. The molecule has 1 fully saturated rings. The summed E-state index contributed by atoms with van der Waals surface area (Å²) < 4.78 is 15.0. The number of aromatic nitrogens is 3. The Balaban J connectivity index is 1.92. The van der Waals surface area contributed by atoms with Gasteiger partial charge in [0.1, 0.15) is 12.0 Å². The molecule has 1 atom stereocenters. The van der Waals surface area contributed by atoms with Crippen molar-refractivity contribution < 1.29 is 4.39 Å². The molecule has 114 valence electrons. The smallest absolute Gasteiger partial charge is 0.154 e. The van der Waals surface area contributed by atoms with Gasteiger partial charge in [0.15, 0.2) is 5.65 Å². The van der Waals surface area contributed by atoms with E-state index in [9.17, 15) is 4.39 Å². The van der Waals surface area contributed by atoms with Crippen molar-refractivity contribution in [3.8, 4) is 0 Å². The molecule has 1 saturated heterocycles. The first-order valence-corrected chi connectivity index (χ1v) is 7.05. The molecule has 1 aliphatic heterocycles. The molecule has 0 saturated carbocycles. The van der Waals surface area contributed by atoms with Gasteiger partial charge in [-0.1, -0.05) is 0 Å². The number of nitrogens with zero attached hydrogens (tertiary/aromatic N) is 4. The molecule has 7 heteroatoms. The predicted molar refractivity (Wildman–Crippen MR) is 84.8 cm³/mol. The molecule has 3 N–H and O–H groups in total. The number of fused-ring (bicyclic) bond motifs is 1. The number of allylic oxidation sites excluding steroid dienone is 2. The SMILES string of the molecule is N=CC=C(N)/C=C\c1cnc2ccc(N3CCC(F)C3)nn12. The lowest BCUT2D eigenvalue weighted by Gasteiger charge is -2.15. The number of nitrogens with two attached hydrogens (primary N) is 1. The van der Waals surface area contributed by atoms with Crippen LogP contribution in [0.5, 0.6) is 0 Å². The third kappa shape index (κ3) is 2.83. The highest BCUT2D eigenvalue weighted by molar-refractivity contribution is 5.70. The molecule has 2 aromatic rings. The Bertz CT molecular complexity index is 748. The van der Waals surface area contributed by atoms with Gasteiger partial charge in [-0.15, -0.1) is 5.10 Å². The summed E-state index contributed by atoms with van der Waals surface area (Å²) in [6, 6.07) is 3.72. The number of halogens is 1. The van der Waals surface area contributed by atoms with Crippen LogP contribution in [0.3, 0.4) is 0 Å².